The van der Waals surface area contributed by atoms with Crippen molar-refractivity contribution in [3.63, 3.8) is 0 Å². The van der Waals surface area contributed by atoms with Gasteiger partial charge < -0.3 is 0 Å². The van der Waals surface area contributed by atoms with Crippen molar-refractivity contribution in [2.45, 2.75) is 32.6 Å². The fourth-order valence-corrected chi connectivity index (χ4v) is 5.84. The average Bonchev–Trinajstić information content (AvgIpc) is 3.29. The molecule has 2 amide bonds. The van der Waals surface area contributed by atoms with Crippen LogP contribution in [0.15, 0.2) is 48.5 Å². The lowest BCUT2D eigenvalue weighted by Crippen LogP contribution is -2.33. The normalized spacial score (nSPS) is 32.4. The molecule has 1 saturated heterocycles. The van der Waals surface area contributed by atoms with E-state index in [9.17, 15) is 9.59 Å². The van der Waals surface area contributed by atoms with Crippen molar-refractivity contribution < 1.29 is 9.59 Å². The van der Waals surface area contributed by atoms with Crippen molar-refractivity contribution in [1.82, 2.24) is 0 Å². The molecule has 5 rings (SSSR count). The Morgan fingerprint density at radius 2 is 1.62 bits per heavy atom. The summed E-state index contributed by atoms with van der Waals surface area (Å²) in [5.74, 6) is 0.895. The molecule has 5 atom stereocenters. The number of benzene rings is 2. The number of carbonyl (C=O) groups excluding carboxylic acids is 2. The van der Waals surface area contributed by atoms with Crippen LogP contribution in [0.4, 0.5) is 5.69 Å². The van der Waals surface area contributed by atoms with Gasteiger partial charge in [-0.05, 0) is 61.6 Å². The number of aryl methyl sites for hydroxylation is 2. The van der Waals surface area contributed by atoms with E-state index in [0.29, 0.717) is 17.8 Å². The van der Waals surface area contributed by atoms with E-state index in [2.05, 4.69) is 24.3 Å². The minimum Gasteiger partial charge on any atom is -0.274 e. The second kappa shape index (κ2) is 5.54. The first kappa shape index (κ1) is 15.8. The molecule has 0 aromatic heterocycles. The smallest absolute Gasteiger partial charge is 0.238 e. The second-order valence-electron chi connectivity index (χ2n) is 8.27. The maximum absolute atomic E-state index is 13.3. The van der Waals surface area contributed by atoms with Crippen molar-refractivity contribution >= 4 is 17.5 Å². The van der Waals surface area contributed by atoms with Crippen LogP contribution in [0.2, 0.25) is 0 Å². The van der Waals surface area contributed by atoms with Gasteiger partial charge in [-0.25, -0.2) is 4.90 Å². The molecule has 2 aromatic rings. The van der Waals surface area contributed by atoms with E-state index in [4.69, 9.17) is 0 Å². The largest absolute Gasteiger partial charge is 0.274 e. The van der Waals surface area contributed by atoms with Gasteiger partial charge in [-0.15, -0.1) is 0 Å². The molecular formula is C23H23NO2. The number of rotatable bonds is 2. The summed E-state index contributed by atoms with van der Waals surface area (Å²) in [5, 5.41) is 0. The third kappa shape index (κ3) is 2.06. The highest BCUT2D eigenvalue weighted by molar-refractivity contribution is 6.23. The third-order valence-electron chi connectivity index (χ3n) is 6.84. The van der Waals surface area contributed by atoms with Crippen LogP contribution in [0.3, 0.4) is 0 Å². The summed E-state index contributed by atoms with van der Waals surface area (Å²) in [5.41, 5.74) is 4.24. The quantitative estimate of drug-likeness (QED) is 0.764. The van der Waals surface area contributed by atoms with Gasteiger partial charge in [-0.3, -0.25) is 9.59 Å². The topological polar surface area (TPSA) is 37.4 Å². The number of nitrogens with zero attached hydrogens (tertiary/aromatic N) is 1. The Morgan fingerprint density at radius 3 is 2.35 bits per heavy atom. The number of anilines is 1. The molecule has 0 spiro atoms. The summed E-state index contributed by atoms with van der Waals surface area (Å²) < 4.78 is 0. The number of hydrogen-bond acceptors (Lipinski definition) is 2. The molecule has 0 N–H and O–H groups in total. The molecule has 1 heterocycles. The van der Waals surface area contributed by atoms with Gasteiger partial charge in [0.1, 0.15) is 0 Å². The summed E-state index contributed by atoms with van der Waals surface area (Å²) in [6.45, 7) is 4.02. The number of hydrogen-bond donors (Lipinski definition) is 0. The summed E-state index contributed by atoms with van der Waals surface area (Å²) in [6.07, 6.45) is 2.06. The Labute approximate surface area is 154 Å². The molecule has 2 bridgehead atoms. The van der Waals surface area contributed by atoms with Crippen LogP contribution in [-0.4, -0.2) is 11.8 Å². The number of fused-ring (bicyclic) bond motifs is 5. The van der Waals surface area contributed by atoms with Gasteiger partial charge in [0.05, 0.1) is 17.5 Å². The molecule has 2 aliphatic carbocycles. The standard InChI is InChI=1S/C23H23NO2/c1-13-8-9-19(14(2)10-13)24-22(25)20-16-11-17(15-6-4-3-5-7-15)18(12-16)21(20)23(24)26/h3-10,16-18,20-21H,11-12H2,1-2H3/t16-,17+,18+,20+,21+/m0/s1. The Bertz CT molecular complexity index is 904. The van der Waals surface area contributed by atoms with E-state index in [1.165, 1.54) is 10.5 Å². The number of amides is 2. The lowest BCUT2D eigenvalue weighted by Gasteiger charge is -2.28. The Kier molecular flexibility index (Phi) is 3.37. The monoisotopic (exact) mass is 345 g/mol. The van der Waals surface area contributed by atoms with Gasteiger partial charge in [0.15, 0.2) is 0 Å². The van der Waals surface area contributed by atoms with Crippen molar-refractivity contribution in [3.8, 4) is 0 Å². The highest BCUT2D eigenvalue weighted by atomic mass is 16.2. The first-order chi connectivity index (χ1) is 12.6. The lowest BCUT2D eigenvalue weighted by atomic mass is 9.73. The first-order valence-corrected chi connectivity index (χ1v) is 9.56. The molecule has 2 aromatic carbocycles. The molecule has 3 fully saturated rings. The SMILES string of the molecule is Cc1ccc(N2C(=O)[C@@H]3[C@@H]4C[C@@H]([C@H]3C2=O)[C@@H](c2ccccc2)C4)c(C)c1. The summed E-state index contributed by atoms with van der Waals surface area (Å²) in [4.78, 5) is 28.0. The summed E-state index contributed by atoms with van der Waals surface area (Å²) in [7, 11) is 0. The van der Waals surface area contributed by atoms with Gasteiger partial charge in [0.25, 0.3) is 0 Å². The minimum atomic E-state index is -0.132. The zero-order valence-corrected chi connectivity index (χ0v) is 15.2. The van der Waals surface area contributed by atoms with Crippen molar-refractivity contribution in [3.05, 3.63) is 65.2 Å². The van der Waals surface area contributed by atoms with Gasteiger partial charge >= 0.3 is 0 Å². The summed E-state index contributed by atoms with van der Waals surface area (Å²) in [6, 6.07) is 16.5. The number of imide groups is 1. The van der Waals surface area contributed by atoms with Gasteiger partial charge in [-0.1, -0.05) is 48.0 Å². The predicted molar refractivity (Wildman–Crippen MR) is 101 cm³/mol. The highest BCUT2D eigenvalue weighted by Gasteiger charge is 2.64. The van der Waals surface area contributed by atoms with Crippen LogP contribution in [-0.2, 0) is 9.59 Å². The maximum Gasteiger partial charge on any atom is 0.238 e. The van der Waals surface area contributed by atoms with Crippen LogP contribution in [0, 0.1) is 37.5 Å². The molecule has 3 aliphatic rings. The Morgan fingerprint density at radius 1 is 0.885 bits per heavy atom. The van der Waals surface area contributed by atoms with Crippen LogP contribution < -0.4 is 4.90 Å². The van der Waals surface area contributed by atoms with Gasteiger partial charge in [0, 0.05) is 0 Å². The van der Waals surface area contributed by atoms with E-state index >= 15 is 0 Å². The highest BCUT2D eigenvalue weighted by Crippen LogP contribution is 2.61. The molecule has 132 valence electrons. The van der Waals surface area contributed by atoms with Crippen LogP contribution in [0.25, 0.3) is 0 Å². The van der Waals surface area contributed by atoms with Crippen LogP contribution in [0.5, 0.6) is 0 Å². The zero-order valence-electron chi connectivity index (χ0n) is 15.2. The molecule has 3 heteroatoms. The molecule has 0 unspecified atom stereocenters. The lowest BCUT2D eigenvalue weighted by molar-refractivity contribution is -0.123. The van der Waals surface area contributed by atoms with E-state index < -0.39 is 0 Å². The predicted octanol–water partition coefficient (Wildman–Crippen LogP) is 4.23. The Hall–Kier alpha value is -2.42. The zero-order chi connectivity index (χ0) is 18.0. The molecule has 3 nitrogen and oxygen atoms in total. The van der Waals surface area contributed by atoms with E-state index in [-0.39, 0.29) is 23.7 Å². The Balaban J connectivity index is 1.51. The summed E-state index contributed by atoms with van der Waals surface area (Å²) >= 11 is 0. The van der Waals surface area contributed by atoms with Gasteiger partial charge in [0.2, 0.25) is 11.8 Å². The third-order valence-corrected chi connectivity index (χ3v) is 6.84. The van der Waals surface area contributed by atoms with Crippen LogP contribution in [0.1, 0.15) is 35.4 Å². The fourth-order valence-electron chi connectivity index (χ4n) is 5.84. The van der Waals surface area contributed by atoms with E-state index in [1.807, 2.05) is 38.1 Å². The van der Waals surface area contributed by atoms with Crippen molar-refractivity contribution in [2.75, 3.05) is 4.90 Å². The fraction of sp³-hybridized carbons (Fsp3) is 0.391. The minimum absolute atomic E-state index is 0.0279. The molecule has 26 heavy (non-hydrogen) atoms. The molecule has 1 aliphatic heterocycles. The van der Waals surface area contributed by atoms with Crippen molar-refractivity contribution in [1.29, 1.82) is 0 Å². The molecular weight excluding hydrogens is 322 g/mol. The molecule has 2 saturated carbocycles. The number of carbonyl (C=O) groups is 2. The maximum atomic E-state index is 13.3. The van der Waals surface area contributed by atoms with Gasteiger partial charge in [-0.2, -0.15) is 0 Å². The average molecular weight is 345 g/mol. The van der Waals surface area contributed by atoms with Crippen molar-refractivity contribution in [2.24, 2.45) is 23.7 Å². The molecule has 0 radical (unpaired) electrons. The first-order valence-electron chi connectivity index (χ1n) is 9.56. The van der Waals surface area contributed by atoms with E-state index in [0.717, 1.165) is 29.7 Å². The van der Waals surface area contributed by atoms with Crippen LogP contribution >= 0.6 is 0 Å². The van der Waals surface area contributed by atoms with E-state index in [1.54, 1.807) is 0 Å². The second-order valence-corrected chi connectivity index (χ2v) is 8.27.